The normalized spacial score (nSPS) is 10.5. The van der Waals surface area contributed by atoms with Crippen LogP contribution in [0, 0.1) is 0 Å². The summed E-state index contributed by atoms with van der Waals surface area (Å²) in [6.45, 7) is 0.960. The number of benzene rings is 1. The van der Waals surface area contributed by atoms with Crippen molar-refractivity contribution >= 4 is 23.5 Å². The molecule has 1 amide bonds. The molecule has 2 aromatic rings. The van der Waals surface area contributed by atoms with Gasteiger partial charge in [0, 0.05) is 39.3 Å². The Labute approximate surface area is 170 Å². The summed E-state index contributed by atoms with van der Waals surface area (Å²) in [4.78, 5) is 14.0. The minimum absolute atomic E-state index is 0.214. The number of rotatable bonds is 10. The van der Waals surface area contributed by atoms with Gasteiger partial charge in [0.1, 0.15) is 0 Å². The third kappa shape index (κ3) is 6.27. The molecule has 156 valence electrons. The zero-order valence-corrected chi connectivity index (χ0v) is 17.4. The van der Waals surface area contributed by atoms with Gasteiger partial charge in [-0.1, -0.05) is 0 Å². The highest BCUT2D eigenvalue weighted by atomic mass is 16.5. The van der Waals surface area contributed by atoms with E-state index in [-0.39, 0.29) is 5.91 Å². The van der Waals surface area contributed by atoms with Crippen molar-refractivity contribution in [1.82, 2.24) is 15.5 Å². The molecular weight excluding hydrogens is 374 g/mol. The molecule has 1 heterocycles. The Kier molecular flexibility index (Phi) is 8.08. The summed E-state index contributed by atoms with van der Waals surface area (Å²) in [6, 6.07) is 5.42. The van der Waals surface area contributed by atoms with E-state index in [1.54, 1.807) is 45.7 Å². The average molecular weight is 401 g/mol. The van der Waals surface area contributed by atoms with Gasteiger partial charge in [-0.25, -0.2) is 0 Å². The van der Waals surface area contributed by atoms with E-state index in [4.69, 9.17) is 14.2 Å². The summed E-state index contributed by atoms with van der Waals surface area (Å²) in [7, 11) is 8.49. The lowest BCUT2D eigenvalue weighted by Crippen LogP contribution is -2.27. The first-order valence-corrected chi connectivity index (χ1v) is 8.98. The number of anilines is 2. The Morgan fingerprint density at radius 2 is 1.76 bits per heavy atom. The summed E-state index contributed by atoms with van der Waals surface area (Å²) >= 11 is 0. The Hall–Kier alpha value is -3.49. The maximum atomic E-state index is 12.1. The van der Waals surface area contributed by atoms with Crippen molar-refractivity contribution in [3.8, 4) is 17.2 Å². The molecular formula is C20H27N5O4. The van der Waals surface area contributed by atoms with Crippen LogP contribution < -0.4 is 29.7 Å². The number of ether oxygens (including phenoxy) is 3. The number of hydrogen-bond acceptors (Lipinski definition) is 8. The van der Waals surface area contributed by atoms with Gasteiger partial charge in [-0.2, -0.15) is 5.10 Å². The van der Waals surface area contributed by atoms with E-state index < -0.39 is 0 Å². The molecule has 29 heavy (non-hydrogen) atoms. The molecule has 2 rings (SSSR count). The molecule has 0 atom stereocenters. The van der Waals surface area contributed by atoms with Crippen LogP contribution in [-0.2, 0) is 4.79 Å². The summed E-state index contributed by atoms with van der Waals surface area (Å²) in [5, 5.41) is 13.9. The van der Waals surface area contributed by atoms with E-state index in [0.717, 1.165) is 11.3 Å². The molecule has 0 unspecified atom stereocenters. The molecule has 9 nitrogen and oxygen atoms in total. The van der Waals surface area contributed by atoms with Crippen LogP contribution in [0.5, 0.6) is 17.2 Å². The fourth-order valence-corrected chi connectivity index (χ4v) is 2.49. The van der Waals surface area contributed by atoms with E-state index in [2.05, 4.69) is 20.8 Å². The van der Waals surface area contributed by atoms with Crippen LogP contribution in [0.4, 0.5) is 11.5 Å². The summed E-state index contributed by atoms with van der Waals surface area (Å²) in [5.41, 5.74) is 1.70. The third-order valence-electron chi connectivity index (χ3n) is 4.00. The number of carbonyl (C=O) groups excluding carboxylic acids is 1. The number of nitrogens with one attached hydrogen (secondary N) is 2. The number of amides is 1. The maximum Gasteiger partial charge on any atom is 0.244 e. The van der Waals surface area contributed by atoms with Crippen LogP contribution in [0.15, 0.2) is 30.5 Å². The molecule has 0 bridgehead atoms. The number of aromatic nitrogens is 2. The molecule has 0 radical (unpaired) electrons. The molecule has 9 heteroatoms. The molecule has 1 aromatic heterocycles. The quantitative estimate of drug-likeness (QED) is 0.460. The fraction of sp³-hybridized carbons (Fsp3) is 0.350. The number of nitrogens with zero attached hydrogens (tertiary/aromatic N) is 3. The fourth-order valence-electron chi connectivity index (χ4n) is 2.49. The molecule has 0 fully saturated rings. The number of hydrogen-bond donors (Lipinski definition) is 2. The zero-order valence-electron chi connectivity index (χ0n) is 17.4. The van der Waals surface area contributed by atoms with Crippen LogP contribution in [0.3, 0.4) is 0 Å². The lowest BCUT2D eigenvalue weighted by Gasteiger charge is -2.13. The second-order valence-corrected chi connectivity index (χ2v) is 6.20. The van der Waals surface area contributed by atoms with E-state index in [1.165, 1.54) is 6.08 Å². The van der Waals surface area contributed by atoms with Crippen LogP contribution >= 0.6 is 0 Å². The topological polar surface area (TPSA) is 97.8 Å². The van der Waals surface area contributed by atoms with Gasteiger partial charge in [-0.3, -0.25) is 4.79 Å². The lowest BCUT2D eigenvalue weighted by atomic mass is 10.1. The predicted molar refractivity (Wildman–Crippen MR) is 113 cm³/mol. The number of carbonyl (C=O) groups is 1. The molecule has 0 saturated heterocycles. The van der Waals surface area contributed by atoms with Crippen LogP contribution in [0.1, 0.15) is 5.56 Å². The van der Waals surface area contributed by atoms with E-state index in [0.29, 0.717) is 36.2 Å². The minimum Gasteiger partial charge on any atom is -0.493 e. The van der Waals surface area contributed by atoms with Gasteiger partial charge in [-0.05, 0) is 23.8 Å². The Morgan fingerprint density at radius 1 is 1.07 bits per heavy atom. The lowest BCUT2D eigenvalue weighted by molar-refractivity contribution is -0.116. The molecule has 0 spiro atoms. The largest absolute Gasteiger partial charge is 0.493 e. The van der Waals surface area contributed by atoms with Crippen molar-refractivity contribution in [2.75, 3.05) is 58.7 Å². The van der Waals surface area contributed by atoms with Gasteiger partial charge in [0.05, 0.1) is 33.2 Å². The minimum atomic E-state index is -0.214. The van der Waals surface area contributed by atoms with E-state index >= 15 is 0 Å². The van der Waals surface area contributed by atoms with Crippen molar-refractivity contribution in [3.63, 3.8) is 0 Å². The third-order valence-corrected chi connectivity index (χ3v) is 4.00. The van der Waals surface area contributed by atoms with Crippen molar-refractivity contribution in [2.45, 2.75) is 0 Å². The van der Waals surface area contributed by atoms with Gasteiger partial charge in [0.25, 0.3) is 0 Å². The second-order valence-electron chi connectivity index (χ2n) is 6.20. The van der Waals surface area contributed by atoms with Crippen molar-refractivity contribution in [1.29, 1.82) is 0 Å². The Morgan fingerprint density at radius 3 is 2.34 bits per heavy atom. The smallest absolute Gasteiger partial charge is 0.244 e. The van der Waals surface area contributed by atoms with Crippen molar-refractivity contribution < 1.29 is 19.0 Å². The van der Waals surface area contributed by atoms with Crippen LogP contribution in [0.2, 0.25) is 0 Å². The van der Waals surface area contributed by atoms with Gasteiger partial charge in [0.15, 0.2) is 17.3 Å². The zero-order chi connectivity index (χ0) is 21.2. The summed E-state index contributed by atoms with van der Waals surface area (Å²) in [5.74, 6) is 1.99. The SMILES string of the molecule is COc1cc(/C=C/C(=O)NCCNc2cc(N(C)C)cnn2)cc(OC)c1OC. The first kappa shape index (κ1) is 21.8. The standard InChI is InChI=1S/C20H27N5O4/c1-25(2)15-12-18(24-23-13-15)21-8-9-22-19(26)7-6-14-10-16(27-3)20(29-5)17(11-14)28-4/h6-7,10-13H,8-9H2,1-5H3,(H,21,24)(H,22,26)/b7-6+. The van der Waals surface area contributed by atoms with Gasteiger partial charge >= 0.3 is 0 Å². The second kappa shape index (κ2) is 10.7. The molecule has 0 saturated carbocycles. The molecule has 0 aliphatic rings. The molecule has 1 aromatic carbocycles. The average Bonchev–Trinajstić information content (AvgIpc) is 2.74. The highest BCUT2D eigenvalue weighted by Gasteiger charge is 2.12. The highest BCUT2D eigenvalue weighted by Crippen LogP contribution is 2.38. The van der Waals surface area contributed by atoms with E-state index in [1.807, 2.05) is 25.1 Å². The highest BCUT2D eigenvalue weighted by molar-refractivity contribution is 5.91. The Balaban J connectivity index is 1.88. The molecule has 0 aliphatic heterocycles. The van der Waals surface area contributed by atoms with Crippen LogP contribution in [0.25, 0.3) is 6.08 Å². The maximum absolute atomic E-state index is 12.1. The monoisotopic (exact) mass is 401 g/mol. The summed E-state index contributed by atoms with van der Waals surface area (Å²) in [6.07, 6.45) is 4.81. The Bertz CT molecular complexity index is 830. The summed E-state index contributed by atoms with van der Waals surface area (Å²) < 4.78 is 15.9. The van der Waals surface area contributed by atoms with Gasteiger partial charge in [0.2, 0.25) is 11.7 Å². The first-order chi connectivity index (χ1) is 14.0. The molecule has 0 aliphatic carbocycles. The van der Waals surface area contributed by atoms with Gasteiger partial charge < -0.3 is 29.7 Å². The van der Waals surface area contributed by atoms with E-state index in [9.17, 15) is 4.79 Å². The predicted octanol–water partition coefficient (Wildman–Crippen LogP) is 1.81. The van der Waals surface area contributed by atoms with Crippen molar-refractivity contribution in [2.24, 2.45) is 0 Å². The first-order valence-electron chi connectivity index (χ1n) is 8.98. The number of methoxy groups -OCH3 is 3. The van der Waals surface area contributed by atoms with Gasteiger partial charge in [-0.15, -0.1) is 5.10 Å². The van der Waals surface area contributed by atoms with Crippen molar-refractivity contribution in [3.05, 3.63) is 36.0 Å². The van der Waals surface area contributed by atoms with Crippen LogP contribution in [-0.4, -0.2) is 64.6 Å². The molecule has 2 N–H and O–H groups in total.